The number of carbonyl (C=O) groups excluding carboxylic acids is 2. The number of esters is 1. The first-order valence-electron chi connectivity index (χ1n) is 3.72. The average Bonchev–Trinajstić information content (AvgIpc) is 2.16. The lowest BCUT2D eigenvalue weighted by Gasteiger charge is -2.04. The summed E-state index contributed by atoms with van der Waals surface area (Å²) >= 11 is 0.998. The van der Waals surface area contributed by atoms with Crippen LogP contribution in [0.1, 0.15) is 6.92 Å². The maximum atomic E-state index is 11.0. The Bertz CT molecular complexity index is 277. The molecule has 1 amide bonds. The van der Waals surface area contributed by atoms with E-state index in [1.54, 1.807) is 13.2 Å². The summed E-state index contributed by atoms with van der Waals surface area (Å²) < 4.78 is 4.44. The highest BCUT2D eigenvalue weighted by Crippen LogP contribution is 1.91. The second-order valence-electron chi connectivity index (χ2n) is 2.08. The summed E-state index contributed by atoms with van der Waals surface area (Å²) in [4.78, 5) is 21.9. The molecule has 0 unspecified atom stereocenters. The zero-order chi connectivity index (χ0) is 11.1. The van der Waals surface area contributed by atoms with Crippen LogP contribution >= 0.6 is 11.8 Å². The van der Waals surface area contributed by atoms with Crippen molar-refractivity contribution in [2.75, 3.05) is 12.9 Å². The van der Waals surface area contributed by atoms with Gasteiger partial charge in [-0.15, -0.1) is 0 Å². The van der Waals surface area contributed by atoms with Crippen molar-refractivity contribution in [2.45, 2.75) is 6.92 Å². The lowest BCUT2D eigenvalue weighted by atomic mass is 10.3. The Morgan fingerprint density at radius 1 is 1.43 bits per heavy atom. The molecular weight excluding hydrogens is 206 g/mol. The Balaban J connectivity index is 4.19. The van der Waals surface area contributed by atoms with Crippen LogP contribution in [-0.2, 0) is 14.3 Å². The Morgan fingerprint density at radius 3 is 2.43 bits per heavy atom. The maximum absolute atomic E-state index is 11.0. The van der Waals surface area contributed by atoms with Crippen LogP contribution in [0.3, 0.4) is 0 Å². The van der Waals surface area contributed by atoms with E-state index in [0.717, 1.165) is 11.8 Å². The summed E-state index contributed by atoms with van der Waals surface area (Å²) in [6, 6.07) is 0. The highest BCUT2D eigenvalue weighted by molar-refractivity contribution is 8.13. The van der Waals surface area contributed by atoms with Gasteiger partial charge in [-0.1, -0.05) is 11.8 Å². The molecule has 3 N–H and O–H groups in total. The lowest BCUT2D eigenvalue weighted by molar-refractivity contribution is -0.135. The molecule has 7 heteroatoms. The molecule has 6 nitrogen and oxygen atoms in total. The second-order valence-corrected chi connectivity index (χ2v) is 2.90. The van der Waals surface area contributed by atoms with Gasteiger partial charge in [-0.05, 0) is 13.2 Å². The fourth-order valence-electron chi connectivity index (χ4n) is 0.513. The van der Waals surface area contributed by atoms with E-state index in [9.17, 15) is 9.59 Å². The van der Waals surface area contributed by atoms with E-state index in [2.05, 4.69) is 10.1 Å². The second kappa shape index (κ2) is 6.14. The summed E-state index contributed by atoms with van der Waals surface area (Å²) in [7, 11) is 0. The smallest absolute Gasteiger partial charge is 0.362 e. The lowest BCUT2D eigenvalue weighted by Crippen LogP contribution is -2.38. The van der Waals surface area contributed by atoms with Crippen molar-refractivity contribution in [3.63, 3.8) is 0 Å². The van der Waals surface area contributed by atoms with Crippen molar-refractivity contribution in [3.05, 3.63) is 0 Å². The molecule has 0 saturated heterocycles. The summed E-state index contributed by atoms with van der Waals surface area (Å²) in [5.41, 5.74) is -0.800. The van der Waals surface area contributed by atoms with Crippen LogP contribution in [0.25, 0.3) is 0 Å². The molecule has 0 aromatic heterocycles. The maximum Gasteiger partial charge on any atom is 0.362 e. The van der Waals surface area contributed by atoms with Crippen LogP contribution in [0.4, 0.5) is 0 Å². The molecule has 0 fully saturated rings. The zero-order valence-corrected chi connectivity index (χ0v) is 8.66. The van der Waals surface area contributed by atoms with E-state index < -0.39 is 17.6 Å². The first-order chi connectivity index (χ1) is 6.52. The highest BCUT2D eigenvalue weighted by Gasteiger charge is 2.19. The molecule has 0 rings (SSSR count). The molecule has 0 aliphatic rings. The van der Waals surface area contributed by atoms with Gasteiger partial charge in [0.25, 0.3) is 5.91 Å². The normalized spacial score (nSPS) is 9.00. The van der Waals surface area contributed by atoms with Crippen molar-refractivity contribution in [1.82, 2.24) is 5.32 Å². The SMILES string of the molecule is CCOC(=O)C(=N)C(=O)NC(=N)SC. The Morgan fingerprint density at radius 2 is 2.00 bits per heavy atom. The number of amides is 1. The van der Waals surface area contributed by atoms with Gasteiger partial charge in [-0.2, -0.15) is 0 Å². The van der Waals surface area contributed by atoms with Crippen molar-refractivity contribution in [1.29, 1.82) is 10.8 Å². The summed E-state index contributed by atoms with van der Waals surface area (Å²) in [5.74, 6) is -1.92. The van der Waals surface area contributed by atoms with Gasteiger partial charge in [0.05, 0.1) is 6.61 Å². The molecule has 0 aliphatic carbocycles. The molecule has 0 aromatic rings. The van der Waals surface area contributed by atoms with Gasteiger partial charge in [0, 0.05) is 0 Å². The molecule has 0 radical (unpaired) electrons. The number of rotatable bonds is 3. The Labute approximate surface area is 85.4 Å². The molecule has 0 saturated carbocycles. The first kappa shape index (κ1) is 12.6. The van der Waals surface area contributed by atoms with Crippen LogP contribution in [0.15, 0.2) is 0 Å². The molecule has 0 atom stereocenters. The van der Waals surface area contributed by atoms with Crippen LogP contribution in [0.5, 0.6) is 0 Å². The van der Waals surface area contributed by atoms with Crippen LogP contribution in [0.2, 0.25) is 0 Å². The molecule has 78 valence electrons. The van der Waals surface area contributed by atoms with Gasteiger partial charge in [0.2, 0.25) is 5.71 Å². The van der Waals surface area contributed by atoms with Crippen LogP contribution in [0, 0.1) is 10.8 Å². The molecule has 14 heavy (non-hydrogen) atoms. The van der Waals surface area contributed by atoms with Gasteiger partial charge in [0.15, 0.2) is 5.17 Å². The zero-order valence-electron chi connectivity index (χ0n) is 7.84. The number of thioether (sulfide) groups is 1. The van der Waals surface area contributed by atoms with Gasteiger partial charge < -0.3 is 4.74 Å². The minimum absolute atomic E-state index is 0.106. The minimum atomic E-state index is -0.987. The van der Waals surface area contributed by atoms with Crippen molar-refractivity contribution >= 4 is 34.5 Å². The van der Waals surface area contributed by atoms with Gasteiger partial charge in [0.1, 0.15) is 0 Å². The topological polar surface area (TPSA) is 103 Å². The van der Waals surface area contributed by atoms with Gasteiger partial charge >= 0.3 is 5.97 Å². The third-order valence-corrected chi connectivity index (χ3v) is 1.65. The first-order valence-corrected chi connectivity index (χ1v) is 4.95. The number of amidine groups is 1. The summed E-state index contributed by atoms with van der Waals surface area (Å²) in [6.45, 7) is 1.68. The third kappa shape index (κ3) is 4.04. The standard InChI is InChI=1S/C7H11N3O3S/c1-3-13-6(12)4(8)5(11)10-7(9)14-2/h8H,3H2,1-2H3,(H2,9,10,11). The Kier molecular flexibility index (Phi) is 5.54. The van der Waals surface area contributed by atoms with E-state index in [-0.39, 0.29) is 11.8 Å². The van der Waals surface area contributed by atoms with Gasteiger partial charge in [-0.3, -0.25) is 20.9 Å². The minimum Gasteiger partial charge on any atom is -0.461 e. The quantitative estimate of drug-likeness (QED) is 0.267. The van der Waals surface area contributed by atoms with E-state index in [4.69, 9.17) is 10.8 Å². The molecule has 0 aromatic carbocycles. The molecule has 0 bridgehead atoms. The molecule has 0 aliphatic heterocycles. The number of carbonyl (C=O) groups is 2. The fourth-order valence-corrected chi connectivity index (χ4v) is 0.707. The molecular formula is C7H11N3O3S. The number of ether oxygens (including phenoxy) is 1. The fraction of sp³-hybridized carbons (Fsp3) is 0.429. The number of hydrogen-bond donors (Lipinski definition) is 3. The van der Waals surface area contributed by atoms with Crippen LogP contribution in [-0.4, -0.2) is 35.6 Å². The summed E-state index contributed by atoms with van der Waals surface area (Å²) in [6.07, 6.45) is 1.59. The highest BCUT2D eigenvalue weighted by atomic mass is 32.2. The predicted molar refractivity (Wildman–Crippen MR) is 53.7 cm³/mol. The van der Waals surface area contributed by atoms with Crippen molar-refractivity contribution in [3.8, 4) is 0 Å². The van der Waals surface area contributed by atoms with Gasteiger partial charge in [-0.25, -0.2) is 4.79 Å². The molecule has 0 heterocycles. The van der Waals surface area contributed by atoms with E-state index in [1.165, 1.54) is 0 Å². The Hall–Kier alpha value is -1.37. The van der Waals surface area contributed by atoms with Crippen LogP contribution < -0.4 is 5.32 Å². The predicted octanol–water partition coefficient (Wildman–Crippen LogP) is -0.0168. The third-order valence-electron chi connectivity index (χ3n) is 1.14. The van der Waals surface area contributed by atoms with E-state index in [0.29, 0.717) is 0 Å². The number of nitrogens with one attached hydrogen (secondary N) is 3. The van der Waals surface area contributed by atoms with E-state index in [1.807, 2.05) is 0 Å². The van der Waals surface area contributed by atoms with Crippen molar-refractivity contribution in [2.24, 2.45) is 0 Å². The largest absolute Gasteiger partial charge is 0.461 e. The molecule has 0 spiro atoms. The summed E-state index contributed by atoms with van der Waals surface area (Å²) in [5, 5.41) is 16.1. The average molecular weight is 217 g/mol. The van der Waals surface area contributed by atoms with E-state index >= 15 is 0 Å². The number of hydrogen-bond acceptors (Lipinski definition) is 6. The van der Waals surface area contributed by atoms with Crippen molar-refractivity contribution < 1.29 is 14.3 Å². The monoisotopic (exact) mass is 217 g/mol.